The fourth-order valence-corrected chi connectivity index (χ4v) is 4.15. The Labute approximate surface area is 175 Å². The van der Waals surface area contributed by atoms with Gasteiger partial charge in [-0.2, -0.15) is 4.98 Å². The predicted octanol–water partition coefficient (Wildman–Crippen LogP) is 4.54. The van der Waals surface area contributed by atoms with Gasteiger partial charge in [0.2, 0.25) is 11.7 Å². The number of hydrogen-bond donors (Lipinski definition) is 0. The summed E-state index contributed by atoms with van der Waals surface area (Å²) in [6.45, 7) is 5.01. The number of aromatic nitrogens is 3. The molecule has 4 aromatic rings. The summed E-state index contributed by atoms with van der Waals surface area (Å²) in [6.07, 6.45) is 2.15. The molecule has 5 rings (SSSR count). The van der Waals surface area contributed by atoms with Gasteiger partial charge in [-0.05, 0) is 36.8 Å². The van der Waals surface area contributed by atoms with Gasteiger partial charge in [0.15, 0.2) is 0 Å². The Morgan fingerprint density at radius 2 is 1.83 bits per heavy atom. The summed E-state index contributed by atoms with van der Waals surface area (Å²) in [5.41, 5.74) is 3.40. The van der Waals surface area contributed by atoms with Crippen molar-refractivity contribution in [1.82, 2.24) is 19.6 Å². The molecule has 0 radical (unpaired) electrons. The summed E-state index contributed by atoms with van der Waals surface area (Å²) >= 11 is 0. The predicted molar refractivity (Wildman–Crippen MR) is 114 cm³/mol. The minimum absolute atomic E-state index is 0.154. The van der Waals surface area contributed by atoms with Crippen molar-refractivity contribution in [3.05, 3.63) is 90.1 Å². The highest BCUT2D eigenvalue weighted by Gasteiger charge is 2.30. The molecule has 0 aliphatic carbocycles. The molecule has 2 aromatic carbocycles. The SMILES string of the molecule is CCOc1ccccc1-c1noc(CN2CCn3cccc3C2c2ccccc2)n1. The molecule has 0 saturated carbocycles. The van der Waals surface area contributed by atoms with Gasteiger partial charge < -0.3 is 13.8 Å². The van der Waals surface area contributed by atoms with Crippen molar-refractivity contribution < 1.29 is 9.26 Å². The molecule has 0 bridgehead atoms. The fourth-order valence-electron chi connectivity index (χ4n) is 4.15. The van der Waals surface area contributed by atoms with Crippen LogP contribution in [0.4, 0.5) is 0 Å². The maximum atomic E-state index is 5.72. The topological polar surface area (TPSA) is 56.3 Å². The Morgan fingerprint density at radius 3 is 2.70 bits per heavy atom. The molecule has 0 saturated heterocycles. The number of hydrogen-bond acceptors (Lipinski definition) is 5. The molecular formula is C24H24N4O2. The van der Waals surface area contributed by atoms with Gasteiger partial charge in [0, 0.05) is 25.0 Å². The van der Waals surface area contributed by atoms with Gasteiger partial charge in [-0.25, -0.2) is 0 Å². The molecule has 0 amide bonds. The first-order valence-electron chi connectivity index (χ1n) is 10.3. The second-order valence-corrected chi connectivity index (χ2v) is 7.35. The van der Waals surface area contributed by atoms with Crippen molar-refractivity contribution >= 4 is 0 Å². The van der Waals surface area contributed by atoms with Crippen LogP contribution in [0.2, 0.25) is 0 Å². The molecule has 0 spiro atoms. The Morgan fingerprint density at radius 1 is 1.00 bits per heavy atom. The van der Waals surface area contributed by atoms with E-state index >= 15 is 0 Å². The molecule has 1 atom stereocenters. The smallest absolute Gasteiger partial charge is 0.241 e. The molecule has 2 aromatic heterocycles. The van der Waals surface area contributed by atoms with E-state index in [0.29, 0.717) is 24.9 Å². The van der Waals surface area contributed by atoms with Crippen LogP contribution in [0, 0.1) is 0 Å². The van der Waals surface area contributed by atoms with Crippen molar-refractivity contribution in [3.63, 3.8) is 0 Å². The second kappa shape index (κ2) is 8.16. The summed E-state index contributed by atoms with van der Waals surface area (Å²) in [5.74, 6) is 1.94. The highest BCUT2D eigenvalue weighted by atomic mass is 16.5. The van der Waals surface area contributed by atoms with Gasteiger partial charge >= 0.3 is 0 Å². The van der Waals surface area contributed by atoms with Gasteiger partial charge in [-0.1, -0.05) is 47.6 Å². The van der Waals surface area contributed by atoms with Crippen molar-refractivity contribution in [2.75, 3.05) is 13.2 Å². The summed E-state index contributed by atoms with van der Waals surface area (Å²) in [7, 11) is 0. The molecule has 1 unspecified atom stereocenters. The molecule has 0 fully saturated rings. The summed E-state index contributed by atoms with van der Waals surface area (Å²) in [5, 5.41) is 4.23. The van der Waals surface area contributed by atoms with E-state index in [1.165, 1.54) is 11.3 Å². The number of nitrogens with zero attached hydrogens (tertiary/aromatic N) is 4. The Kier molecular flexibility index (Phi) is 5.07. The first-order chi connectivity index (χ1) is 14.8. The molecule has 3 heterocycles. The average molecular weight is 400 g/mol. The first-order valence-corrected chi connectivity index (χ1v) is 10.3. The third-order valence-corrected chi connectivity index (χ3v) is 5.49. The van der Waals surface area contributed by atoms with E-state index in [2.05, 4.69) is 68.3 Å². The fraction of sp³-hybridized carbons (Fsp3) is 0.250. The molecule has 30 heavy (non-hydrogen) atoms. The van der Waals surface area contributed by atoms with E-state index in [4.69, 9.17) is 9.26 Å². The lowest BCUT2D eigenvalue weighted by molar-refractivity contribution is 0.154. The van der Waals surface area contributed by atoms with Gasteiger partial charge in [0.05, 0.1) is 24.8 Å². The lowest BCUT2D eigenvalue weighted by Gasteiger charge is -2.36. The number of ether oxygens (including phenoxy) is 1. The van der Waals surface area contributed by atoms with Gasteiger partial charge in [-0.15, -0.1) is 0 Å². The van der Waals surface area contributed by atoms with Gasteiger partial charge in [0.1, 0.15) is 5.75 Å². The lowest BCUT2D eigenvalue weighted by Crippen LogP contribution is -2.38. The van der Waals surface area contributed by atoms with Crippen molar-refractivity contribution in [1.29, 1.82) is 0 Å². The number of benzene rings is 2. The van der Waals surface area contributed by atoms with E-state index in [-0.39, 0.29) is 6.04 Å². The van der Waals surface area contributed by atoms with Crippen LogP contribution in [-0.4, -0.2) is 32.8 Å². The Bertz CT molecular complexity index is 1120. The summed E-state index contributed by atoms with van der Waals surface area (Å²) in [4.78, 5) is 7.08. The molecule has 1 aliphatic heterocycles. The zero-order valence-electron chi connectivity index (χ0n) is 16.9. The van der Waals surface area contributed by atoms with Gasteiger partial charge in [0.25, 0.3) is 0 Å². The lowest BCUT2D eigenvalue weighted by atomic mass is 10.00. The molecule has 152 valence electrons. The monoisotopic (exact) mass is 400 g/mol. The van der Waals surface area contributed by atoms with Crippen LogP contribution in [0.25, 0.3) is 11.4 Å². The third-order valence-electron chi connectivity index (χ3n) is 5.49. The van der Waals surface area contributed by atoms with Crippen LogP contribution in [0.5, 0.6) is 5.75 Å². The minimum atomic E-state index is 0.154. The zero-order chi connectivity index (χ0) is 20.3. The zero-order valence-corrected chi connectivity index (χ0v) is 16.9. The molecule has 1 aliphatic rings. The summed E-state index contributed by atoms with van der Waals surface area (Å²) < 4.78 is 13.7. The van der Waals surface area contributed by atoms with E-state index in [1.807, 2.05) is 31.2 Å². The summed E-state index contributed by atoms with van der Waals surface area (Å²) in [6, 6.07) is 22.8. The minimum Gasteiger partial charge on any atom is -0.493 e. The van der Waals surface area contributed by atoms with E-state index in [0.717, 1.165) is 24.4 Å². The highest BCUT2D eigenvalue weighted by molar-refractivity contribution is 5.63. The van der Waals surface area contributed by atoms with Gasteiger partial charge in [-0.3, -0.25) is 4.90 Å². The van der Waals surface area contributed by atoms with Crippen molar-refractivity contribution in [3.8, 4) is 17.1 Å². The van der Waals surface area contributed by atoms with Crippen molar-refractivity contribution in [2.45, 2.75) is 26.1 Å². The van der Waals surface area contributed by atoms with Crippen LogP contribution in [0.1, 0.15) is 30.1 Å². The Balaban J connectivity index is 1.43. The van der Waals surface area contributed by atoms with Crippen LogP contribution in [0.3, 0.4) is 0 Å². The molecule has 6 nitrogen and oxygen atoms in total. The number of rotatable bonds is 6. The first kappa shape index (κ1) is 18.6. The Hall–Kier alpha value is -3.38. The van der Waals surface area contributed by atoms with E-state index < -0.39 is 0 Å². The van der Waals surface area contributed by atoms with Crippen LogP contribution >= 0.6 is 0 Å². The number of fused-ring (bicyclic) bond motifs is 1. The average Bonchev–Trinajstić information content (AvgIpc) is 3.44. The van der Waals surface area contributed by atoms with Crippen LogP contribution < -0.4 is 4.74 Å². The van der Waals surface area contributed by atoms with Crippen LogP contribution in [0.15, 0.2) is 77.4 Å². The largest absolute Gasteiger partial charge is 0.493 e. The normalized spacial score (nSPS) is 16.4. The van der Waals surface area contributed by atoms with Crippen molar-refractivity contribution in [2.24, 2.45) is 0 Å². The number of para-hydroxylation sites is 1. The second-order valence-electron chi connectivity index (χ2n) is 7.35. The maximum Gasteiger partial charge on any atom is 0.241 e. The maximum absolute atomic E-state index is 5.72. The molecular weight excluding hydrogens is 376 g/mol. The van der Waals surface area contributed by atoms with E-state index in [1.54, 1.807) is 0 Å². The molecule has 6 heteroatoms. The standard InChI is InChI=1S/C24H24N4O2/c1-2-29-21-13-7-6-11-19(21)24-25-22(30-26-24)17-28-16-15-27-14-8-12-20(27)23(28)18-9-4-3-5-10-18/h3-14,23H,2,15-17H2,1H3. The van der Waals surface area contributed by atoms with Crippen LogP contribution in [-0.2, 0) is 13.1 Å². The highest BCUT2D eigenvalue weighted by Crippen LogP contribution is 2.34. The van der Waals surface area contributed by atoms with E-state index in [9.17, 15) is 0 Å². The third kappa shape index (κ3) is 3.50. The molecule has 0 N–H and O–H groups in total. The quantitative estimate of drug-likeness (QED) is 0.476.